The molecule has 3 N–H and O–H groups in total. The minimum absolute atomic E-state index is 0.0325. The number of nitrogens with zero attached hydrogens (tertiary/aromatic N) is 2. The lowest BCUT2D eigenvalue weighted by atomic mass is 9.90. The van der Waals surface area contributed by atoms with E-state index in [4.69, 9.17) is 22.1 Å². The van der Waals surface area contributed by atoms with Crippen molar-refractivity contribution in [2.45, 2.75) is 77.5 Å². The Morgan fingerprint density at radius 3 is 2.31 bits per heavy atom. The van der Waals surface area contributed by atoms with E-state index >= 15 is 0 Å². The van der Waals surface area contributed by atoms with Crippen LogP contribution in [0.5, 0.6) is 5.75 Å². The molecule has 1 unspecified atom stereocenters. The molecule has 7 nitrogen and oxygen atoms in total. The number of allylic oxidation sites excluding steroid dienone is 3. The zero-order chi connectivity index (χ0) is 30.2. The standard InChI is InChI=1S/C12H14ClNO2.C10H17N3O.C5H8.2C2H2/c1-12(2)6-10(14-7-15)8-4-3-5-9(13)11(8)16-12;1-10(2)5-8(14)13(9(11)12-10)6-7-3-4-7;1-3-5-4-2;2*1-2/h3-5,7,10H,6H2,1-2H3,(H,14,15);7H,3-6H2,1-2H3,(H2,11,12);3-5H,1H2,2H3;2*1-2H/b;;5-4-;;. The van der Waals surface area contributed by atoms with E-state index in [2.05, 4.69) is 42.6 Å². The average molecular weight is 555 g/mol. The van der Waals surface area contributed by atoms with Crippen LogP contribution in [0.15, 0.2) is 48.0 Å². The Bertz CT molecular complexity index is 1050. The Morgan fingerprint density at radius 1 is 1.23 bits per heavy atom. The maximum absolute atomic E-state index is 11.7. The van der Waals surface area contributed by atoms with Crippen molar-refractivity contribution in [2.75, 3.05) is 6.54 Å². The van der Waals surface area contributed by atoms with Gasteiger partial charge in [-0.2, -0.15) is 0 Å². The van der Waals surface area contributed by atoms with Crippen LogP contribution in [-0.4, -0.2) is 40.9 Å². The summed E-state index contributed by atoms with van der Waals surface area (Å²) in [6, 6.07) is 5.55. The van der Waals surface area contributed by atoms with Crippen molar-refractivity contribution in [3.05, 3.63) is 53.6 Å². The van der Waals surface area contributed by atoms with E-state index in [1.54, 1.807) is 17.0 Å². The molecule has 1 fully saturated rings. The lowest BCUT2D eigenvalue weighted by molar-refractivity contribution is -0.129. The molecule has 1 aromatic rings. The van der Waals surface area contributed by atoms with Crippen LogP contribution in [0, 0.1) is 31.6 Å². The highest BCUT2D eigenvalue weighted by atomic mass is 35.5. The molecule has 2 heterocycles. The molecule has 1 aromatic carbocycles. The van der Waals surface area contributed by atoms with Gasteiger partial charge in [-0.1, -0.05) is 48.5 Å². The molecule has 39 heavy (non-hydrogen) atoms. The number of hydrogen-bond acceptors (Lipinski definition) is 5. The van der Waals surface area contributed by atoms with Crippen molar-refractivity contribution in [3.8, 4) is 31.4 Å². The highest BCUT2D eigenvalue weighted by molar-refractivity contribution is 6.32. The van der Waals surface area contributed by atoms with Gasteiger partial charge in [0.15, 0.2) is 5.96 Å². The zero-order valence-electron chi connectivity index (χ0n) is 23.8. The topological polar surface area (TPSA) is 97.0 Å². The van der Waals surface area contributed by atoms with E-state index in [1.807, 2.05) is 58.9 Å². The molecule has 3 aliphatic rings. The summed E-state index contributed by atoms with van der Waals surface area (Å²) in [5.41, 5.74) is 6.08. The number of guanidine groups is 1. The third-order valence-electron chi connectivity index (χ3n) is 5.76. The third-order valence-corrected chi connectivity index (χ3v) is 6.06. The summed E-state index contributed by atoms with van der Waals surface area (Å²) in [5, 5.41) is 3.39. The Morgan fingerprint density at radius 2 is 1.85 bits per heavy atom. The molecule has 212 valence electrons. The van der Waals surface area contributed by atoms with Crippen molar-refractivity contribution < 1.29 is 14.3 Å². The Hall–Kier alpha value is -3.68. The molecule has 1 saturated carbocycles. The number of benzene rings is 1. The molecule has 2 aliphatic heterocycles. The second-order valence-corrected chi connectivity index (χ2v) is 10.6. The van der Waals surface area contributed by atoms with Gasteiger partial charge in [0, 0.05) is 18.5 Å². The average Bonchev–Trinajstić information content (AvgIpc) is 3.70. The van der Waals surface area contributed by atoms with Crippen molar-refractivity contribution >= 4 is 29.9 Å². The lowest BCUT2D eigenvalue weighted by Gasteiger charge is -2.37. The molecule has 0 saturated heterocycles. The molecule has 0 aromatic heterocycles. The molecule has 4 rings (SSSR count). The highest BCUT2D eigenvalue weighted by Crippen LogP contribution is 2.43. The number of carbonyl (C=O) groups excluding carboxylic acids is 2. The quantitative estimate of drug-likeness (QED) is 0.279. The van der Waals surface area contributed by atoms with E-state index < -0.39 is 0 Å². The predicted molar refractivity (Wildman–Crippen MR) is 162 cm³/mol. The number of para-hydroxylation sites is 1. The first-order chi connectivity index (χ1) is 18.4. The van der Waals surface area contributed by atoms with E-state index in [-0.39, 0.29) is 23.1 Å². The Kier molecular flexibility index (Phi) is 15.4. The number of amides is 2. The molecular weight excluding hydrogens is 512 g/mol. The van der Waals surface area contributed by atoms with Gasteiger partial charge in [0.05, 0.1) is 23.0 Å². The van der Waals surface area contributed by atoms with Gasteiger partial charge in [-0.25, -0.2) is 4.99 Å². The predicted octanol–water partition coefficient (Wildman–Crippen LogP) is 5.66. The monoisotopic (exact) mass is 554 g/mol. The second kappa shape index (κ2) is 17.0. The van der Waals surface area contributed by atoms with Gasteiger partial charge < -0.3 is 15.8 Å². The van der Waals surface area contributed by atoms with Gasteiger partial charge in [0.25, 0.3) is 0 Å². The zero-order valence-corrected chi connectivity index (χ0v) is 24.6. The molecular formula is C31H43ClN4O3. The SMILES string of the molecule is C#C.C#C.C=C/C=C\C.CC1(C)CC(=O)N(CC2CC2)C(N)=N1.CC1(C)CC(NC=O)c2cccc(Cl)c2O1. The van der Waals surface area contributed by atoms with Gasteiger partial charge in [-0.05, 0) is 59.4 Å². The molecule has 0 spiro atoms. The minimum Gasteiger partial charge on any atom is -0.486 e. The fraction of sp³-hybridized carbons (Fsp3) is 0.452. The lowest BCUT2D eigenvalue weighted by Crippen LogP contribution is -2.50. The Labute approximate surface area is 239 Å². The number of carbonyl (C=O) groups is 2. The van der Waals surface area contributed by atoms with Crippen molar-refractivity contribution in [2.24, 2.45) is 16.6 Å². The van der Waals surface area contributed by atoms with Crippen LogP contribution >= 0.6 is 11.6 Å². The number of halogens is 1. The van der Waals surface area contributed by atoms with Crippen molar-refractivity contribution in [1.82, 2.24) is 10.2 Å². The summed E-state index contributed by atoms with van der Waals surface area (Å²) in [7, 11) is 0. The number of ether oxygens (including phenoxy) is 1. The van der Waals surface area contributed by atoms with Crippen molar-refractivity contribution in [3.63, 3.8) is 0 Å². The number of rotatable bonds is 5. The first kappa shape index (κ1) is 35.3. The van der Waals surface area contributed by atoms with Crippen LogP contribution in [-0.2, 0) is 9.59 Å². The van der Waals surface area contributed by atoms with E-state index in [9.17, 15) is 9.59 Å². The summed E-state index contributed by atoms with van der Waals surface area (Å²) >= 11 is 6.09. The van der Waals surface area contributed by atoms with Crippen molar-refractivity contribution in [1.29, 1.82) is 0 Å². The largest absolute Gasteiger partial charge is 0.486 e. The van der Waals surface area contributed by atoms with E-state index in [1.165, 1.54) is 12.8 Å². The third kappa shape index (κ3) is 12.1. The Balaban J connectivity index is 0.000000574. The van der Waals surface area contributed by atoms with Gasteiger partial charge in [0.2, 0.25) is 12.3 Å². The second-order valence-electron chi connectivity index (χ2n) is 10.2. The van der Waals surface area contributed by atoms with Crippen LogP contribution in [0.1, 0.15) is 71.9 Å². The molecule has 8 heteroatoms. The van der Waals surface area contributed by atoms with Gasteiger partial charge in [-0.15, -0.1) is 25.7 Å². The fourth-order valence-electron chi connectivity index (χ4n) is 3.95. The van der Waals surface area contributed by atoms with E-state index in [0.717, 1.165) is 24.9 Å². The summed E-state index contributed by atoms with van der Waals surface area (Å²) in [6.07, 6.45) is 25.9. The summed E-state index contributed by atoms with van der Waals surface area (Å²) < 4.78 is 5.84. The molecule has 2 amide bonds. The molecule has 1 atom stereocenters. The maximum atomic E-state index is 11.7. The number of terminal acetylenes is 2. The first-order valence-electron chi connectivity index (χ1n) is 12.7. The number of nitrogens with one attached hydrogen (secondary N) is 1. The number of hydrogen-bond donors (Lipinski definition) is 2. The number of aliphatic imine (C=N–C) groups is 1. The highest BCUT2D eigenvalue weighted by Gasteiger charge is 2.36. The summed E-state index contributed by atoms with van der Waals surface area (Å²) in [4.78, 5) is 28.3. The minimum atomic E-state index is -0.321. The van der Waals surface area contributed by atoms with E-state index in [0.29, 0.717) is 29.1 Å². The molecule has 1 aliphatic carbocycles. The molecule has 0 radical (unpaired) electrons. The van der Waals surface area contributed by atoms with Gasteiger partial charge in [0.1, 0.15) is 11.4 Å². The van der Waals surface area contributed by atoms with Crippen LogP contribution in [0.3, 0.4) is 0 Å². The fourth-order valence-corrected chi connectivity index (χ4v) is 4.17. The van der Waals surface area contributed by atoms with Crippen LogP contribution in [0.4, 0.5) is 0 Å². The number of fused-ring (bicyclic) bond motifs is 1. The number of nitrogens with two attached hydrogens (primary N) is 1. The first-order valence-corrected chi connectivity index (χ1v) is 13.0. The summed E-state index contributed by atoms with van der Waals surface area (Å²) in [6.45, 7) is 14.0. The molecule has 0 bridgehead atoms. The maximum Gasteiger partial charge on any atom is 0.231 e. The summed E-state index contributed by atoms with van der Waals surface area (Å²) in [5.74, 6) is 1.86. The smallest absolute Gasteiger partial charge is 0.231 e. The van der Waals surface area contributed by atoms with Crippen LogP contribution in [0.2, 0.25) is 5.02 Å². The van der Waals surface area contributed by atoms with Gasteiger partial charge in [-0.3, -0.25) is 14.5 Å². The normalized spacial score (nSPS) is 19.6. The van der Waals surface area contributed by atoms with Crippen LogP contribution < -0.4 is 15.8 Å². The van der Waals surface area contributed by atoms with Crippen LogP contribution in [0.25, 0.3) is 0 Å². The van der Waals surface area contributed by atoms with Gasteiger partial charge >= 0.3 is 0 Å².